The molecule has 0 aliphatic carbocycles. The van der Waals surface area contributed by atoms with Gasteiger partial charge in [-0.15, -0.1) is 5.10 Å². The molecule has 3 N–H and O–H groups in total. The van der Waals surface area contributed by atoms with Crippen molar-refractivity contribution in [1.29, 1.82) is 0 Å². The largest absolute Gasteiger partial charge is 0.327 e. The molecule has 0 aliphatic rings. The van der Waals surface area contributed by atoms with Crippen LogP contribution >= 0.6 is 0 Å². The van der Waals surface area contributed by atoms with Crippen LogP contribution in [0.5, 0.6) is 0 Å². The van der Waals surface area contributed by atoms with Crippen LogP contribution in [-0.4, -0.2) is 38.4 Å². The van der Waals surface area contributed by atoms with Crippen molar-refractivity contribution < 1.29 is 9.59 Å². The van der Waals surface area contributed by atoms with E-state index in [-0.39, 0.29) is 18.7 Å². The third-order valence-corrected chi connectivity index (χ3v) is 2.92. The Hall–Kier alpha value is -2.61. The summed E-state index contributed by atoms with van der Waals surface area (Å²) in [5.74, 6) is -0.628. The van der Waals surface area contributed by atoms with E-state index in [0.29, 0.717) is 6.42 Å². The van der Waals surface area contributed by atoms with E-state index in [9.17, 15) is 9.59 Å². The van der Waals surface area contributed by atoms with Crippen molar-refractivity contribution in [3.05, 3.63) is 42.2 Å². The number of tetrazole rings is 1. The summed E-state index contributed by atoms with van der Waals surface area (Å²) in [4.78, 5) is 23.7. The van der Waals surface area contributed by atoms with Crippen LogP contribution in [0.15, 0.2) is 36.7 Å². The van der Waals surface area contributed by atoms with E-state index in [1.54, 1.807) is 0 Å². The van der Waals surface area contributed by atoms with Crippen molar-refractivity contribution in [3.63, 3.8) is 0 Å². The van der Waals surface area contributed by atoms with Gasteiger partial charge in [-0.05, 0) is 22.4 Å². The fraction of sp³-hybridized carbons (Fsp3) is 0.308. The first kappa shape index (κ1) is 14.8. The topological polar surface area (TPSA) is 116 Å². The van der Waals surface area contributed by atoms with E-state index in [1.807, 2.05) is 30.3 Å². The van der Waals surface area contributed by atoms with Crippen LogP contribution in [0.2, 0.25) is 0 Å². The second kappa shape index (κ2) is 7.25. The Balaban J connectivity index is 2.02. The summed E-state index contributed by atoms with van der Waals surface area (Å²) >= 11 is 0. The maximum atomic E-state index is 12.3. The number of Topliss-reactive ketones (excluding diaryl/α,β-unsaturated/α-hetero) is 1. The molecule has 0 saturated heterocycles. The first-order chi connectivity index (χ1) is 10.2. The summed E-state index contributed by atoms with van der Waals surface area (Å²) in [6.07, 6.45) is 1.19. The Kier molecular flexibility index (Phi) is 5.10. The van der Waals surface area contributed by atoms with Crippen molar-refractivity contribution in [2.45, 2.75) is 19.0 Å². The van der Waals surface area contributed by atoms with Gasteiger partial charge in [0, 0.05) is 6.42 Å². The number of hydrogen-bond donors (Lipinski definition) is 2. The van der Waals surface area contributed by atoms with Gasteiger partial charge in [0.1, 0.15) is 6.33 Å². The molecule has 0 fully saturated rings. The van der Waals surface area contributed by atoms with Gasteiger partial charge in [0.05, 0.1) is 6.54 Å². The number of carbonyl (C=O) groups is 2. The second-order valence-electron chi connectivity index (χ2n) is 4.42. The van der Waals surface area contributed by atoms with Gasteiger partial charge >= 0.3 is 0 Å². The predicted octanol–water partition coefficient (Wildman–Crippen LogP) is -0.552. The van der Waals surface area contributed by atoms with Crippen molar-refractivity contribution in [2.24, 2.45) is 5.73 Å². The number of hydrogen-bond acceptors (Lipinski definition) is 6. The lowest BCUT2D eigenvalue weighted by Gasteiger charge is -2.16. The van der Waals surface area contributed by atoms with E-state index in [0.717, 1.165) is 5.56 Å². The second-order valence-corrected chi connectivity index (χ2v) is 4.42. The van der Waals surface area contributed by atoms with Gasteiger partial charge in [-0.3, -0.25) is 9.59 Å². The molecule has 0 radical (unpaired) electrons. The lowest BCUT2D eigenvalue weighted by atomic mass is 10.1. The van der Waals surface area contributed by atoms with Crippen LogP contribution in [0.1, 0.15) is 18.2 Å². The Morgan fingerprint density at radius 3 is 2.67 bits per heavy atom. The van der Waals surface area contributed by atoms with Crippen LogP contribution in [0, 0.1) is 0 Å². The number of rotatable bonds is 7. The minimum absolute atomic E-state index is 0.187. The molecule has 21 heavy (non-hydrogen) atoms. The number of nitrogens with one attached hydrogen (secondary N) is 1. The molecular formula is C13H16N6O2. The summed E-state index contributed by atoms with van der Waals surface area (Å²) in [6.45, 7) is -0.204. The lowest BCUT2D eigenvalue weighted by molar-refractivity contribution is -0.129. The molecule has 110 valence electrons. The molecule has 1 amide bonds. The van der Waals surface area contributed by atoms with Crippen molar-refractivity contribution in [1.82, 2.24) is 25.5 Å². The number of nitrogens with zero attached hydrogens (tertiary/aromatic N) is 4. The molecule has 8 nitrogen and oxygen atoms in total. The summed E-state index contributed by atoms with van der Waals surface area (Å²) in [5.41, 5.74) is 6.30. The number of ketones is 1. The normalized spacial score (nSPS) is 11.9. The Labute approximate surface area is 121 Å². The summed E-state index contributed by atoms with van der Waals surface area (Å²) in [7, 11) is 0. The first-order valence-electron chi connectivity index (χ1n) is 6.49. The minimum Gasteiger partial charge on any atom is -0.327 e. The molecule has 1 unspecified atom stereocenters. The van der Waals surface area contributed by atoms with Crippen LogP contribution < -0.4 is 11.1 Å². The average Bonchev–Trinajstić information content (AvgIpc) is 3.05. The van der Waals surface area contributed by atoms with Gasteiger partial charge in [0.25, 0.3) is 0 Å². The van der Waals surface area contributed by atoms with Crippen molar-refractivity contribution >= 4 is 11.7 Å². The third-order valence-electron chi connectivity index (χ3n) is 2.92. The number of benzene rings is 1. The van der Waals surface area contributed by atoms with Crippen LogP contribution in [-0.2, 0) is 16.0 Å². The number of aromatic nitrogens is 4. The molecule has 0 spiro atoms. The molecule has 1 heterocycles. The molecule has 1 aromatic heterocycles. The van der Waals surface area contributed by atoms with E-state index >= 15 is 0 Å². The van der Waals surface area contributed by atoms with Gasteiger partial charge in [0.15, 0.2) is 11.9 Å². The summed E-state index contributed by atoms with van der Waals surface area (Å²) < 4.78 is 1.21. The highest BCUT2D eigenvalue weighted by Crippen LogP contribution is 2.09. The van der Waals surface area contributed by atoms with Gasteiger partial charge in [-0.1, -0.05) is 30.3 Å². The zero-order valence-electron chi connectivity index (χ0n) is 11.3. The van der Waals surface area contributed by atoms with Gasteiger partial charge < -0.3 is 11.1 Å². The van der Waals surface area contributed by atoms with Crippen LogP contribution in [0.3, 0.4) is 0 Å². The van der Waals surface area contributed by atoms with E-state index < -0.39 is 12.1 Å². The molecule has 2 rings (SSSR count). The van der Waals surface area contributed by atoms with Gasteiger partial charge in [-0.25, -0.2) is 4.68 Å². The first-order valence-corrected chi connectivity index (χ1v) is 6.49. The SMILES string of the molecule is NCC(=O)NC(C(=O)CCc1ccccc1)n1cnnn1. The Morgan fingerprint density at radius 2 is 2.05 bits per heavy atom. The highest BCUT2D eigenvalue weighted by atomic mass is 16.2. The number of nitrogens with two attached hydrogens (primary N) is 1. The quantitative estimate of drug-likeness (QED) is 0.706. The smallest absolute Gasteiger partial charge is 0.235 e. The maximum Gasteiger partial charge on any atom is 0.235 e. The van der Waals surface area contributed by atoms with Gasteiger partial charge in [-0.2, -0.15) is 0 Å². The fourth-order valence-corrected chi connectivity index (χ4v) is 1.84. The Bertz CT molecular complexity index is 584. The molecule has 0 aliphatic heterocycles. The van der Waals surface area contributed by atoms with E-state index in [2.05, 4.69) is 20.8 Å². The zero-order chi connectivity index (χ0) is 15.1. The van der Waals surface area contributed by atoms with Crippen LogP contribution in [0.25, 0.3) is 0 Å². The molecule has 0 saturated carbocycles. The number of carbonyl (C=O) groups excluding carboxylic acids is 2. The highest BCUT2D eigenvalue weighted by Gasteiger charge is 2.22. The minimum atomic E-state index is -0.931. The maximum absolute atomic E-state index is 12.3. The van der Waals surface area contributed by atoms with Crippen molar-refractivity contribution in [3.8, 4) is 0 Å². The Morgan fingerprint density at radius 1 is 1.29 bits per heavy atom. The zero-order valence-corrected chi connectivity index (χ0v) is 11.3. The van der Waals surface area contributed by atoms with E-state index in [4.69, 9.17) is 5.73 Å². The molecule has 1 aromatic carbocycles. The standard InChI is InChI=1S/C13H16N6O2/c14-8-12(21)16-13(19-9-15-17-18-19)11(20)7-6-10-4-2-1-3-5-10/h1-5,9,13H,6-8,14H2,(H,16,21). The summed E-state index contributed by atoms with van der Waals surface area (Å²) in [6, 6.07) is 9.62. The van der Waals surface area contributed by atoms with Crippen LogP contribution in [0.4, 0.5) is 0 Å². The van der Waals surface area contributed by atoms with Gasteiger partial charge in [0.2, 0.25) is 5.91 Å². The molecule has 0 bridgehead atoms. The molecular weight excluding hydrogens is 272 g/mol. The van der Waals surface area contributed by atoms with E-state index in [1.165, 1.54) is 11.0 Å². The molecule has 1 atom stereocenters. The molecule has 8 heteroatoms. The number of aryl methyl sites for hydroxylation is 1. The lowest BCUT2D eigenvalue weighted by Crippen LogP contribution is -2.41. The third kappa shape index (κ3) is 4.18. The monoisotopic (exact) mass is 288 g/mol. The van der Waals surface area contributed by atoms with Crippen molar-refractivity contribution in [2.75, 3.05) is 6.54 Å². The average molecular weight is 288 g/mol. The summed E-state index contributed by atoms with van der Waals surface area (Å²) in [5, 5.41) is 13.1. The molecule has 2 aromatic rings. The highest BCUT2D eigenvalue weighted by molar-refractivity contribution is 5.88. The predicted molar refractivity (Wildman–Crippen MR) is 73.8 cm³/mol. The fourth-order valence-electron chi connectivity index (χ4n) is 1.84. The number of amides is 1.